The number of hydrogen-bond donors (Lipinski definition) is 2. The molecule has 5 rings (SSSR count). The second kappa shape index (κ2) is 12.9. The lowest BCUT2D eigenvalue weighted by molar-refractivity contribution is 0.0447. The van der Waals surface area contributed by atoms with E-state index in [1.54, 1.807) is 18.2 Å². The lowest BCUT2D eigenvalue weighted by Gasteiger charge is -2.40. The van der Waals surface area contributed by atoms with Crippen molar-refractivity contribution in [1.82, 2.24) is 24.7 Å². The summed E-state index contributed by atoms with van der Waals surface area (Å²) in [5.74, 6) is -0.223. The van der Waals surface area contributed by atoms with Crippen LogP contribution in [0, 0.1) is 0 Å². The fourth-order valence-electron chi connectivity index (χ4n) is 6.08. The Labute approximate surface area is 239 Å². The summed E-state index contributed by atoms with van der Waals surface area (Å²) in [7, 11) is 0. The second-order valence-electron chi connectivity index (χ2n) is 10.6. The molecule has 2 fully saturated rings. The van der Waals surface area contributed by atoms with Gasteiger partial charge in [-0.25, -0.2) is 14.6 Å². The fourth-order valence-corrected chi connectivity index (χ4v) is 6.08. The van der Waals surface area contributed by atoms with E-state index < -0.39 is 12.2 Å². The summed E-state index contributed by atoms with van der Waals surface area (Å²) in [6.45, 7) is 2.82. The Kier molecular flexibility index (Phi) is 8.86. The van der Waals surface area contributed by atoms with Crippen LogP contribution in [-0.4, -0.2) is 80.9 Å². The highest BCUT2D eigenvalue weighted by molar-refractivity contribution is 5.98. The first-order valence-electron chi connectivity index (χ1n) is 14.3. The Morgan fingerprint density at radius 3 is 2.41 bits per heavy atom. The van der Waals surface area contributed by atoms with Gasteiger partial charge < -0.3 is 29.5 Å². The summed E-state index contributed by atoms with van der Waals surface area (Å²) in [4.78, 5) is 46.3. The predicted molar refractivity (Wildman–Crippen MR) is 154 cm³/mol. The smallest absolute Gasteiger partial charge is 0.407 e. The molecular formula is C31H37N5O5. The summed E-state index contributed by atoms with van der Waals surface area (Å²) in [5.41, 5.74) is 2.93. The lowest BCUT2D eigenvalue weighted by Crippen LogP contribution is -2.57. The number of ether oxygens (including phenoxy) is 1. The molecule has 2 N–H and O–H groups in total. The maximum absolute atomic E-state index is 14.3. The van der Waals surface area contributed by atoms with Crippen molar-refractivity contribution in [3.63, 3.8) is 0 Å². The van der Waals surface area contributed by atoms with Crippen molar-refractivity contribution in [2.45, 2.75) is 57.2 Å². The number of carbonyl (C=O) groups excluding carboxylic acids is 2. The van der Waals surface area contributed by atoms with E-state index >= 15 is 0 Å². The van der Waals surface area contributed by atoms with Crippen LogP contribution in [0.1, 0.15) is 54.7 Å². The Hall–Kier alpha value is -4.34. The molecule has 2 aliphatic rings. The van der Waals surface area contributed by atoms with Crippen LogP contribution in [0.25, 0.3) is 11.3 Å². The standard InChI is InChI=1S/C31H37N5O5/c1-2-41-30(38)33-25-15-9-10-16-26(25)36-21-32-27(28(36)23-13-7-4-8-14-23)29(37)35-18-17-34(31(39)40)20-24(35)19-22-11-5-3-6-12-22/h3-8,11-14,21,24-26H,2,9-10,15-20H2,1H3,(H,33,38)(H,39,40)/t24-,25+,26-/m1/s1. The van der Waals surface area contributed by atoms with Crippen LogP contribution in [0.3, 0.4) is 0 Å². The summed E-state index contributed by atoms with van der Waals surface area (Å²) in [6.07, 6.45) is 4.44. The molecule has 216 valence electrons. The second-order valence-corrected chi connectivity index (χ2v) is 10.6. The minimum Gasteiger partial charge on any atom is -0.465 e. The van der Waals surface area contributed by atoms with Gasteiger partial charge in [0, 0.05) is 25.2 Å². The third kappa shape index (κ3) is 6.37. The zero-order valence-electron chi connectivity index (χ0n) is 23.3. The zero-order valence-corrected chi connectivity index (χ0v) is 23.3. The SMILES string of the molecule is CCOC(=O)N[C@H]1CCCC[C@H]1n1cnc(C(=O)N2CCN(C(=O)O)C[C@H]2Cc2ccccc2)c1-c1ccccc1. The van der Waals surface area contributed by atoms with E-state index in [0.29, 0.717) is 24.4 Å². The quantitative estimate of drug-likeness (QED) is 0.428. The molecule has 0 unspecified atom stereocenters. The van der Waals surface area contributed by atoms with Crippen LogP contribution in [0.4, 0.5) is 9.59 Å². The molecule has 3 aromatic rings. The number of nitrogens with one attached hydrogen (secondary N) is 1. The van der Waals surface area contributed by atoms with Crippen LogP contribution in [0.15, 0.2) is 67.0 Å². The zero-order chi connectivity index (χ0) is 28.8. The van der Waals surface area contributed by atoms with Gasteiger partial charge in [0.2, 0.25) is 0 Å². The van der Waals surface area contributed by atoms with Crippen molar-refractivity contribution in [3.05, 3.63) is 78.2 Å². The van der Waals surface area contributed by atoms with Crippen molar-refractivity contribution in [2.24, 2.45) is 0 Å². The highest BCUT2D eigenvalue weighted by Gasteiger charge is 2.37. The minimum absolute atomic E-state index is 0.0959. The van der Waals surface area contributed by atoms with E-state index in [0.717, 1.165) is 36.8 Å². The molecular weight excluding hydrogens is 522 g/mol. The number of piperazine rings is 1. The summed E-state index contributed by atoms with van der Waals surface area (Å²) >= 11 is 0. The first-order valence-corrected chi connectivity index (χ1v) is 14.3. The fraction of sp³-hybridized carbons (Fsp3) is 0.419. The van der Waals surface area contributed by atoms with Crippen LogP contribution >= 0.6 is 0 Å². The van der Waals surface area contributed by atoms with Gasteiger partial charge in [-0.15, -0.1) is 0 Å². The molecule has 0 radical (unpaired) electrons. The Morgan fingerprint density at radius 2 is 1.71 bits per heavy atom. The molecule has 2 aromatic carbocycles. The van der Waals surface area contributed by atoms with Gasteiger partial charge >= 0.3 is 12.2 Å². The first kappa shape index (κ1) is 28.2. The molecule has 41 heavy (non-hydrogen) atoms. The van der Waals surface area contributed by atoms with E-state index in [4.69, 9.17) is 4.74 Å². The van der Waals surface area contributed by atoms with Gasteiger partial charge in [-0.2, -0.15) is 0 Å². The maximum atomic E-state index is 14.3. The molecule has 0 bridgehead atoms. The molecule has 1 saturated heterocycles. The molecule has 1 saturated carbocycles. The molecule has 3 amide bonds. The molecule has 1 aliphatic heterocycles. The van der Waals surface area contributed by atoms with E-state index in [2.05, 4.69) is 10.3 Å². The van der Waals surface area contributed by atoms with Crippen molar-refractivity contribution in [1.29, 1.82) is 0 Å². The number of benzene rings is 2. The average molecular weight is 560 g/mol. The summed E-state index contributed by atoms with van der Waals surface area (Å²) in [5, 5.41) is 12.7. The average Bonchev–Trinajstić information content (AvgIpc) is 3.43. The van der Waals surface area contributed by atoms with Crippen LogP contribution in [-0.2, 0) is 11.2 Å². The third-order valence-electron chi connectivity index (χ3n) is 8.04. The number of amides is 3. The predicted octanol–water partition coefficient (Wildman–Crippen LogP) is 4.83. The molecule has 1 aromatic heterocycles. The van der Waals surface area contributed by atoms with Crippen molar-refractivity contribution in [3.8, 4) is 11.3 Å². The topological polar surface area (TPSA) is 117 Å². The third-order valence-corrected chi connectivity index (χ3v) is 8.04. The largest absolute Gasteiger partial charge is 0.465 e. The monoisotopic (exact) mass is 559 g/mol. The molecule has 1 aliphatic carbocycles. The number of rotatable bonds is 7. The van der Waals surface area contributed by atoms with Crippen molar-refractivity contribution >= 4 is 18.1 Å². The van der Waals surface area contributed by atoms with E-state index in [1.165, 1.54) is 4.90 Å². The van der Waals surface area contributed by atoms with Crippen LogP contribution < -0.4 is 5.32 Å². The van der Waals surface area contributed by atoms with Gasteiger partial charge in [0.15, 0.2) is 5.69 Å². The molecule has 3 atom stereocenters. The van der Waals surface area contributed by atoms with Crippen LogP contribution in [0.5, 0.6) is 0 Å². The number of hydrogen-bond acceptors (Lipinski definition) is 5. The Bertz CT molecular complexity index is 1350. The highest BCUT2D eigenvalue weighted by atomic mass is 16.5. The number of imidazole rings is 1. The Morgan fingerprint density at radius 1 is 1.00 bits per heavy atom. The maximum Gasteiger partial charge on any atom is 0.407 e. The van der Waals surface area contributed by atoms with E-state index in [9.17, 15) is 19.5 Å². The number of aromatic nitrogens is 2. The first-order chi connectivity index (χ1) is 20.0. The molecule has 10 nitrogen and oxygen atoms in total. The van der Waals surface area contributed by atoms with Gasteiger partial charge in [0.1, 0.15) is 0 Å². The molecule has 2 heterocycles. The van der Waals surface area contributed by atoms with Crippen LogP contribution in [0.2, 0.25) is 0 Å². The van der Waals surface area contributed by atoms with E-state index in [-0.39, 0.29) is 43.7 Å². The number of nitrogens with zero attached hydrogens (tertiary/aromatic N) is 4. The number of carbonyl (C=O) groups is 3. The van der Waals surface area contributed by atoms with Gasteiger partial charge in [0.25, 0.3) is 5.91 Å². The molecule has 0 spiro atoms. The van der Waals surface area contributed by atoms with Gasteiger partial charge in [-0.05, 0) is 31.7 Å². The number of carboxylic acid groups (broad SMARTS) is 1. The number of alkyl carbamates (subject to hydrolysis) is 1. The minimum atomic E-state index is -0.984. The van der Waals surface area contributed by atoms with Gasteiger partial charge in [-0.3, -0.25) is 4.79 Å². The Balaban J connectivity index is 1.50. The van der Waals surface area contributed by atoms with E-state index in [1.807, 2.05) is 65.2 Å². The lowest BCUT2D eigenvalue weighted by atomic mass is 9.89. The van der Waals surface area contributed by atoms with Crippen molar-refractivity contribution < 1.29 is 24.2 Å². The van der Waals surface area contributed by atoms with Gasteiger partial charge in [0.05, 0.1) is 36.8 Å². The molecule has 10 heteroatoms. The normalized spacial score (nSPS) is 20.9. The van der Waals surface area contributed by atoms with Crippen molar-refractivity contribution in [2.75, 3.05) is 26.2 Å². The van der Waals surface area contributed by atoms with Gasteiger partial charge in [-0.1, -0.05) is 73.5 Å². The highest BCUT2D eigenvalue weighted by Crippen LogP contribution is 2.35. The summed E-state index contributed by atoms with van der Waals surface area (Å²) < 4.78 is 7.21. The summed E-state index contributed by atoms with van der Waals surface area (Å²) in [6, 6.07) is 18.9.